The summed E-state index contributed by atoms with van der Waals surface area (Å²) in [5.41, 5.74) is 4.85. The topological polar surface area (TPSA) is 87.7 Å². The van der Waals surface area contributed by atoms with Gasteiger partial charge in [0.15, 0.2) is 0 Å². The van der Waals surface area contributed by atoms with E-state index in [0.29, 0.717) is 6.07 Å². The Morgan fingerprint density at radius 3 is 2.74 bits per heavy atom. The van der Waals surface area contributed by atoms with Crippen molar-refractivity contribution < 1.29 is 18.8 Å². The summed E-state index contributed by atoms with van der Waals surface area (Å²) in [4.78, 5) is 11.6. The van der Waals surface area contributed by atoms with Crippen LogP contribution < -0.4 is 11.1 Å². The van der Waals surface area contributed by atoms with E-state index in [-0.39, 0.29) is 12.4 Å². The molecule has 5 nitrogen and oxygen atoms in total. The Morgan fingerprint density at radius 2 is 2.16 bits per heavy atom. The van der Waals surface area contributed by atoms with Crippen LogP contribution in [0, 0.1) is 17.6 Å². The molecule has 0 aliphatic carbocycles. The molecule has 8 heteroatoms. The minimum Gasteiger partial charge on any atom is -0.409 e. The zero-order chi connectivity index (χ0) is 14.6. The lowest BCUT2D eigenvalue weighted by atomic mass is 10.1. The van der Waals surface area contributed by atoms with Crippen molar-refractivity contribution in [2.75, 3.05) is 6.54 Å². The Morgan fingerprint density at radius 1 is 1.53 bits per heavy atom. The van der Waals surface area contributed by atoms with Crippen LogP contribution in [0.1, 0.15) is 17.3 Å². The van der Waals surface area contributed by atoms with Gasteiger partial charge in [-0.05, 0) is 12.1 Å². The number of amides is 1. The predicted molar refractivity (Wildman–Crippen MR) is 66.3 cm³/mol. The second-order valence-corrected chi connectivity index (χ2v) is 4.29. The maximum Gasteiger partial charge on any atom is 0.254 e. The molecule has 0 heterocycles. The van der Waals surface area contributed by atoms with Crippen molar-refractivity contribution in [3.63, 3.8) is 0 Å². The van der Waals surface area contributed by atoms with E-state index in [0.717, 1.165) is 6.07 Å². The second-order valence-electron chi connectivity index (χ2n) is 3.88. The summed E-state index contributed by atoms with van der Waals surface area (Å²) in [7, 11) is 0. The third-order valence-electron chi connectivity index (χ3n) is 2.44. The molecule has 0 saturated heterocycles. The molecule has 0 saturated carbocycles. The Balaban J connectivity index is 2.77. The summed E-state index contributed by atoms with van der Waals surface area (Å²) >= 11 is 5.37. The number of carbonyl (C=O) groups excluding carboxylic acids is 1. The van der Waals surface area contributed by atoms with Crippen molar-refractivity contribution in [1.29, 1.82) is 0 Å². The standard InChI is InChI=1S/C11H12ClF2N3O2/c1-5(10(15)17-19)4-16-11(18)6-2-9(14)7(12)3-8(6)13/h2-3,5,19H,4H2,1H3,(H2,15,17)(H,16,18). The van der Waals surface area contributed by atoms with Gasteiger partial charge in [0.2, 0.25) is 0 Å². The zero-order valence-electron chi connectivity index (χ0n) is 9.95. The number of nitrogens with one attached hydrogen (secondary N) is 1. The van der Waals surface area contributed by atoms with E-state index >= 15 is 0 Å². The second kappa shape index (κ2) is 6.33. The average Bonchev–Trinajstić information content (AvgIpc) is 2.38. The SMILES string of the molecule is CC(CNC(=O)c1cc(F)c(Cl)cc1F)/C(N)=N/O. The predicted octanol–water partition coefficient (Wildman–Crippen LogP) is 1.73. The minimum atomic E-state index is -0.930. The van der Waals surface area contributed by atoms with Crippen LogP contribution in [-0.2, 0) is 0 Å². The van der Waals surface area contributed by atoms with Crippen LogP contribution in [-0.4, -0.2) is 23.5 Å². The van der Waals surface area contributed by atoms with Crippen molar-refractivity contribution in [1.82, 2.24) is 5.32 Å². The number of rotatable bonds is 4. The number of benzene rings is 1. The smallest absolute Gasteiger partial charge is 0.254 e. The molecule has 0 aliphatic rings. The van der Waals surface area contributed by atoms with Gasteiger partial charge >= 0.3 is 0 Å². The Hall–Kier alpha value is -1.89. The molecular weight excluding hydrogens is 280 g/mol. The number of nitrogens with two attached hydrogens (primary N) is 1. The summed E-state index contributed by atoms with van der Waals surface area (Å²) in [6, 6.07) is 1.43. The lowest BCUT2D eigenvalue weighted by Gasteiger charge is -2.11. The summed E-state index contributed by atoms with van der Waals surface area (Å²) in [5.74, 6) is -3.17. The molecule has 1 unspecified atom stereocenters. The molecule has 1 aromatic carbocycles. The van der Waals surface area contributed by atoms with E-state index in [9.17, 15) is 13.6 Å². The van der Waals surface area contributed by atoms with Crippen molar-refractivity contribution in [3.05, 3.63) is 34.4 Å². The number of halogens is 3. The van der Waals surface area contributed by atoms with Crippen molar-refractivity contribution in [3.8, 4) is 0 Å². The molecule has 1 amide bonds. The van der Waals surface area contributed by atoms with Crippen LogP contribution in [0.3, 0.4) is 0 Å². The van der Waals surface area contributed by atoms with E-state index in [4.69, 9.17) is 22.5 Å². The molecule has 1 atom stereocenters. The van der Waals surface area contributed by atoms with Gasteiger partial charge < -0.3 is 16.3 Å². The van der Waals surface area contributed by atoms with E-state index in [2.05, 4.69) is 10.5 Å². The number of amidine groups is 1. The number of oxime groups is 1. The Labute approximate surface area is 113 Å². The summed E-state index contributed by atoms with van der Waals surface area (Å²) in [5, 5.41) is 13.1. The molecule has 0 aromatic heterocycles. The first-order valence-corrected chi connectivity index (χ1v) is 5.64. The fourth-order valence-electron chi connectivity index (χ4n) is 1.24. The highest BCUT2D eigenvalue weighted by molar-refractivity contribution is 6.30. The van der Waals surface area contributed by atoms with Crippen molar-refractivity contribution in [2.45, 2.75) is 6.92 Å². The van der Waals surface area contributed by atoms with Gasteiger partial charge in [0.25, 0.3) is 5.91 Å². The number of carbonyl (C=O) groups is 1. The first kappa shape index (κ1) is 15.2. The van der Waals surface area contributed by atoms with Gasteiger partial charge in [0.1, 0.15) is 17.5 Å². The largest absolute Gasteiger partial charge is 0.409 e. The van der Waals surface area contributed by atoms with E-state index in [1.807, 2.05) is 0 Å². The molecule has 0 aliphatic heterocycles. The number of hydrogen-bond donors (Lipinski definition) is 3. The van der Waals surface area contributed by atoms with Crippen LogP contribution in [0.15, 0.2) is 17.3 Å². The van der Waals surface area contributed by atoms with Crippen LogP contribution in [0.5, 0.6) is 0 Å². The van der Waals surface area contributed by atoms with Crippen LogP contribution in [0.2, 0.25) is 5.02 Å². The molecule has 19 heavy (non-hydrogen) atoms. The van der Waals surface area contributed by atoms with Gasteiger partial charge in [0.05, 0.1) is 10.6 Å². The molecule has 0 fully saturated rings. The molecule has 4 N–H and O–H groups in total. The molecule has 1 aromatic rings. The van der Waals surface area contributed by atoms with Crippen molar-refractivity contribution >= 4 is 23.3 Å². The van der Waals surface area contributed by atoms with Crippen LogP contribution in [0.4, 0.5) is 8.78 Å². The number of hydrogen-bond acceptors (Lipinski definition) is 3. The molecule has 0 bridgehead atoms. The van der Waals surface area contributed by atoms with Gasteiger partial charge in [-0.25, -0.2) is 8.78 Å². The highest BCUT2D eigenvalue weighted by Crippen LogP contribution is 2.19. The lowest BCUT2D eigenvalue weighted by molar-refractivity contribution is 0.0946. The fourth-order valence-corrected chi connectivity index (χ4v) is 1.39. The molecule has 104 valence electrons. The normalized spacial score (nSPS) is 13.2. The van der Waals surface area contributed by atoms with Crippen LogP contribution in [0.25, 0.3) is 0 Å². The summed E-state index contributed by atoms with van der Waals surface area (Å²) in [6.07, 6.45) is 0. The van der Waals surface area contributed by atoms with Gasteiger partial charge in [-0.2, -0.15) is 0 Å². The number of nitrogens with zero attached hydrogens (tertiary/aromatic N) is 1. The Kier molecular flexibility index (Phi) is 5.05. The average molecular weight is 292 g/mol. The lowest BCUT2D eigenvalue weighted by Crippen LogP contribution is -2.35. The van der Waals surface area contributed by atoms with E-state index < -0.39 is 34.0 Å². The third kappa shape index (κ3) is 3.78. The molecule has 0 spiro atoms. The first-order chi connectivity index (χ1) is 8.86. The highest BCUT2D eigenvalue weighted by atomic mass is 35.5. The van der Waals surface area contributed by atoms with Gasteiger partial charge in [-0.1, -0.05) is 23.7 Å². The fraction of sp³-hybridized carbons (Fsp3) is 0.273. The first-order valence-electron chi connectivity index (χ1n) is 5.27. The molecular formula is C11H12ClF2N3O2. The van der Waals surface area contributed by atoms with E-state index in [1.54, 1.807) is 6.92 Å². The van der Waals surface area contributed by atoms with Gasteiger partial charge in [-0.15, -0.1) is 0 Å². The van der Waals surface area contributed by atoms with Gasteiger partial charge in [-0.3, -0.25) is 4.79 Å². The monoisotopic (exact) mass is 291 g/mol. The van der Waals surface area contributed by atoms with E-state index in [1.165, 1.54) is 0 Å². The molecule has 1 rings (SSSR count). The quantitative estimate of drug-likeness (QED) is 0.259. The maximum atomic E-state index is 13.4. The zero-order valence-corrected chi connectivity index (χ0v) is 10.7. The van der Waals surface area contributed by atoms with Crippen molar-refractivity contribution in [2.24, 2.45) is 16.8 Å². The molecule has 0 radical (unpaired) electrons. The Bertz CT molecular complexity index is 523. The van der Waals surface area contributed by atoms with Gasteiger partial charge in [0, 0.05) is 12.5 Å². The summed E-state index contributed by atoms with van der Waals surface area (Å²) < 4.78 is 26.6. The highest BCUT2D eigenvalue weighted by Gasteiger charge is 2.16. The summed E-state index contributed by atoms with van der Waals surface area (Å²) in [6.45, 7) is 1.60. The minimum absolute atomic E-state index is 0.0123. The van der Waals surface area contributed by atoms with Crippen LogP contribution >= 0.6 is 11.6 Å². The third-order valence-corrected chi connectivity index (χ3v) is 2.73. The maximum absolute atomic E-state index is 13.4.